The van der Waals surface area contributed by atoms with Gasteiger partial charge in [-0.2, -0.15) is 0 Å². The summed E-state index contributed by atoms with van der Waals surface area (Å²) in [6.45, 7) is 14.3. The molecule has 5 bridgehead atoms. The molecule has 3 heterocycles. The Kier molecular flexibility index (Phi) is 15.1. The number of allylic oxidation sites excluding steroid dienone is 3. The first-order valence-electron chi connectivity index (χ1n) is 20.7. The summed E-state index contributed by atoms with van der Waals surface area (Å²) in [5, 5.41) is 64.8. The van der Waals surface area contributed by atoms with Gasteiger partial charge in [0.05, 0.1) is 46.9 Å². The van der Waals surface area contributed by atoms with Crippen LogP contribution in [0.25, 0.3) is 16.8 Å². The lowest BCUT2D eigenvalue weighted by atomic mass is 9.78. The van der Waals surface area contributed by atoms with Crippen molar-refractivity contribution in [1.29, 1.82) is 0 Å². The minimum atomic E-state index is -2.07. The molecule has 15 heteroatoms. The predicted molar refractivity (Wildman–Crippen MR) is 237 cm³/mol. The Morgan fingerprint density at radius 3 is 2.25 bits per heavy atom. The third-order valence-corrected chi connectivity index (χ3v) is 11.8. The molecule has 0 spiro atoms. The van der Waals surface area contributed by atoms with E-state index in [0.29, 0.717) is 5.71 Å². The number of phenols is 3. The summed E-state index contributed by atoms with van der Waals surface area (Å²) in [5.41, 5.74) is 0.758. The Hall–Kier alpha value is -6.16. The largest absolute Gasteiger partial charge is 0.507 e. The second kappa shape index (κ2) is 19.9. The van der Waals surface area contributed by atoms with E-state index < -0.39 is 88.8 Å². The van der Waals surface area contributed by atoms with Gasteiger partial charge < -0.3 is 54.6 Å². The molecule has 63 heavy (non-hydrogen) atoms. The molecule has 0 aliphatic carbocycles. The number of phenolic OH excluding ortho intramolecular Hbond substituents is 3. The van der Waals surface area contributed by atoms with Crippen LogP contribution in [0.15, 0.2) is 77.7 Å². The molecule has 3 aliphatic heterocycles. The summed E-state index contributed by atoms with van der Waals surface area (Å²) in [4.78, 5) is 46.2. The Labute approximate surface area is 367 Å². The fourth-order valence-electron chi connectivity index (χ4n) is 7.93. The third kappa shape index (κ3) is 10.1. The number of hydrogen-bond donors (Lipinski definition) is 6. The molecular formula is C48H58N2O13. The summed E-state index contributed by atoms with van der Waals surface area (Å²) in [5.74, 6) is -8.59. The number of methoxy groups -OCH3 is 1. The summed E-state index contributed by atoms with van der Waals surface area (Å²) >= 11 is 0. The van der Waals surface area contributed by atoms with Gasteiger partial charge in [-0.25, -0.2) is 0 Å². The molecule has 9 unspecified atom stereocenters. The van der Waals surface area contributed by atoms with E-state index in [4.69, 9.17) is 23.8 Å². The van der Waals surface area contributed by atoms with E-state index in [0.717, 1.165) is 5.56 Å². The number of esters is 1. The number of ether oxygens (including phenoxy) is 4. The maximum Gasteiger partial charge on any atom is 0.312 e. The first kappa shape index (κ1) is 47.9. The zero-order valence-corrected chi connectivity index (χ0v) is 37.2. The smallest absolute Gasteiger partial charge is 0.312 e. The average Bonchev–Trinajstić information content (AvgIpc) is 3.52. The van der Waals surface area contributed by atoms with Crippen molar-refractivity contribution in [2.45, 2.75) is 99.1 Å². The van der Waals surface area contributed by atoms with Crippen LogP contribution in [0.5, 0.6) is 23.0 Å². The zero-order chi connectivity index (χ0) is 46.5. The molecule has 0 aromatic heterocycles. The molecule has 6 rings (SSSR count). The second-order valence-corrected chi connectivity index (χ2v) is 16.4. The normalized spacial score (nSPS) is 28.3. The molecular weight excluding hydrogens is 813 g/mol. The van der Waals surface area contributed by atoms with Gasteiger partial charge in [-0.05, 0) is 44.6 Å². The van der Waals surface area contributed by atoms with Crippen molar-refractivity contribution >= 4 is 45.9 Å². The monoisotopic (exact) mass is 870 g/mol. The number of aromatic hydroxyl groups is 3. The number of hydrogen-bond acceptors (Lipinski definition) is 14. The molecule has 3 aromatic carbocycles. The Bertz CT molecular complexity index is 2370. The molecule has 15 nitrogen and oxygen atoms in total. The number of anilines is 1. The number of oxime groups is 1. The van der Waals surface area contributed by atoms with E-state index >= 15 is 0 Å². The number of nitrogens with one attached hydrogen (secondary N) is 1. The first-order chi connectivity index (χ1) is 29.7. The molecule has 0 radical (unpaired) electrons. The number of carbonyl (C=O) groups is 3. The number of carbonyl (C=O) groups excluding carboxylic acids is 3. The number of aliphatic hydroxyl groups is 2. The van der Waals surface area contributed by atoms with Crippen LogP contribution in [0.4, 0.5) is 5.69 Å². The van der Waals surface area contributed by atoms with Crippen LogP contribution in [0.3, 0.4) is 0 Å². The van der Waals surface area contributed by atoms with E-state index in [1.54, 1.807) is 46.8 Å². The van der Waals surface area contributed by atoms with Gasteiger partial charge in [0.15, 0.2) is 5.75 Å². The van der Waals surface area contributed by atoms with Crippen LogP contribution in [-0.4, -0.2) is 86.2 Å². The second-order valence-electron chi connectivity index (χ2n) is 16.4. The maximum atomic E-state index is 14.5. The van der Waals surface area contributed by atoms with Gasteiger partial charge in [-0.3, -0.25) is 14.4 Å². The lowest BCUT2D eigenvalue weighted by Gasteiger charge is -2.38. The van der Waals surface area contributed by atoms with Gasteiger partial charge in [0.25, 0.3) is 11.7 Å². The van der Waals surface area contributed by atoms with Gasteiger partial charge >= 0.3 is 11.8 Å². The van der Waals surface area contributed by atoms with Crippen LogP contribution in [0.2, 0.25) is 0 Å². The van der Waals surface area contributed by atoms with E-state index in [9.17, 15) is 39.9 Å². The Morgan fingerprint density at radius 2 is 1.60 bits per heavy atom. The van der Waals surface area contributed by atoms with Gasteiger partial charge in [0.1, 0.15) is 30.0 Å². The van der Waals surface area contributed by atoms with Crippen molar-refractivity contribution in [3.05, 3.63) is 94.8 Å². The molecule has 3 aromatic rings. The lowest BCUT2D eigenvalue weighted by molar-refractivity contribution is -0.160. The number of aliphatic hydroxyl groups excluding tert-OH is 2. The molecule has 1 amide bonds. The van der Waals surface area contributed by atoms with Crippen molar-refractivity contribution in [3.8, 4) is 23.0 Å². The van der Waals surface area contributed by atoms with Crippen LogP contribution >= 0.6 is 0 Å². The fourth-order valence-corrected chi connectivity index (χ4v) is 7.93. The minimum Gasteiger partial charge on any atom is -0.507 e. The summed E-state index contributed by atoms with van der Waals surface area (Å²) in [6.07, 6.45) is 6.29. The van der Waals surface area contributed by atoms with Crippen molar-refractivity contribution in [3.63, 3.8) is 0 Å². The summed E-state index contributed by atoms with van der Waals surface area (Å²) in [7, 11) is 1.43. The minimum absolute atomic E-state index is 0.0356. The van der Waals surface area contributed by atoms with Gasteiger partial charge in [0.2, 0.25) is 0 Å². The third-order valence-electron chi connectivity index (χ3n) is 11.8. The summed E-state index contributed by atoms with van der Waals surface area (Å²) in [6, 6.07) is 9.36. The number of rotatable bonds is 7. The number of benzene rings is 3. The van der Waals surface area contributed by atoms with Crippen molar-refractivity contribution in [2.75, 3.05) is 12.4 Å². The number of nitrogens with zero attached hydrogens (tertiary/aromatic N) is 1. The highest BCUT2D eigenvalue weighted by Crippen LogP contribution is 2.55. The molecule has 9 atom stereocenters. The maximum absolute atomic E-state index is 14.5. The topological polar surface area (TPSA) is 223 Å². The van der Waals surface area contributed by atoms with Crippen molar-refractivity contribution in [2.24, 2.45) is 28.8 Å². The van der Waals surface area contributed by atoms with Gasteiger partial charge in [-0.1, -0.05) is 81.4 Å². The van der Waals surface area contributed by atoms with E-state index in [2.05, 4.69) is 10.5 Å². The number of Topliss-reactive ketones (excluding diaryl/α,β-unsaturated/α-hetero) is 1. The van der Waals surface area contributed by atoms with Crippen LogP contribution in [-0.2, 0) is 35.2 Å². The van der Waals surface area contributed by atoms with E-state index in [1.165, 1.54) is 65.4 Å². The molecule has 0 saturated carbocycles. The van der Waals surface area contributed by atoms with Crippen molar-refractivity contribution < 1.29 is 63.7 Å². The summed E-state index contributed by atoms with van der Waals surface area (Å²) < 4.78 is 23.6. The number of amides is 1. The number of fused-ring (bicyclic) bond motifs is 14. The Balaban J connectivity index is 1.68. The SMILES string of the molecule is COC1/C=C/OC2(C)Oc3c(C)c(O)c4c(O)c(c(/C=C\C(C)=N\OCc5ccccc5)c(O)c4c3C2=O)NC(=O)C(C)=C/C=C/C(C)C(O)C(C)C(O)C(C)C(OC(C)=O)C1C. The van der Waals surface area contributed by atoms with Crippen LogP contribution in [0, 0.1) is 30.6 Å². The highest BCUT2D eigenvalue weighted by molar-refractivity contribution is 6.23. The molecule has 0 fully saturated rings. The van der Waals surface area contributed by atoms with Crippen LogP contribution < -0.4 is 10.1 Å². The zero-order valence-electron chi connectivity index (χ0n) is 37.2. The highest BCUT2D eigenvalue weighted by Gasteiger charge is 2.50. The predicted octanol–water partition coefficient (Wildman–Crippen LogP) is 7.36. The molecule has 6 N–H and O–H groups in total. The molecule has 0 saturated heterocycles. The lowest BCUT2D eigenvalue weighted by Crippen LogP contribution is -2.46. The van der Waals surface area contributed by atoms with E-state index in [-0.39, 0.29) is 51.1 Å². The number of ketones is 1. The van der Waals surface area contributed by atoms with Gasteiger partial charge in [0, 0.05) is 66.7 Å². The first-order valence-corrected chi connectivity index (χ1v) is 20.7. The van der Waals surface area contributed by atoms with Crippen molar-refractivity contribution in [1.82, 2.24) is 0 Å². The van der Waals surface area contributed by atoms with Gasteiger partial charge in [-0.15, -0.1) is 0 Å². The quantitative estimate of drug-likeness (QED) is 0.0450. The highest BCUT2D eigenvalue weighted by atomic mass is 16.7. The molecule has 338 valence electrons. The molecule has 3 aliphatic rings. The Morgan fingerprint density at radius 1 is 0.921 bits per heavy atom. The standard InChI is InChI=1S/C48H58N2O13/c1-24-15-14-16-25(2)47(58)49-38-33(20-19-26(3)50-61-23-32-17-12-11-13-18-32)42(55)35-36(43(38)56)41(54)30(7)45-37(35)46(57)48(9,63-45)60-22-21-34(59-10)27(4)44(62-31(8)51)29(6)40(53)28(5)39(24)52/h11-22,24,27-29,34,39-40,44,52-56H,23H2,1-10H3,(H,49,58)/b15-14+,20-19-,22-21+,25-16?,50-26+. The van der Waals surface area contributed by atoms with E-state index in [1.807, 2.05) is 30.3 Å². The fraction of sp³-hybridized carbons (Fsp3) is 0.417. The average molecular weight is 871 g/mol. The van der Waals surface area contributed by atoms with Crippen LogP contribution in [0.1, 0.15) is 82.4 Å².